The number of aromatic nitrogens is 1. The average Bonchev–Trinajstić information content (AvgIpc) is 2.56. The summed E-state index contributed by atoms with van der Waals surface area (Å²) in [6, 6.07) is 5.63. The van der Waals surface area contributed by atoms with Crippen molar-refractivity contribution in [3.63, 3.8) is 0 Å². The van der Waals surface area contributed by atoms with Crippen molar-refractivity contribution in [2.45, 2.75) is 6.54 Å². The molecule has 0 unspecified atom stereocenters. The average molecular weight is 270 g/mol. The van der Waals surface area contributed by atoms with Crippen LogP contribution < -0.4 is 0 Å². The van der Waals surface area contributed by atoms with Crippen LogP contribution in [0.1, 0.15) is 10.4 Å². The van der Waals surface area contributed by atoms with Crippen molar-refractivity contribution in [1.82, 2.24) is 4.57 Å². The highest BCUT2D eigenvalue weighted by Gasteiger charge is 2.07. The van der Waals surface area contributed by atoms with Crippen molar-refractivity contribution >= 4 is 33.1 Å². The van der Waals surface area contributed by atoms with Crippen LogP contribution in [0.5, 0.6) is 0 Å². The first-order chi connectivity index (χ1) is 7.26. The van der Waals surface area contributed by atoms with Gasteiger partial charge in [0.2, 0.25) is 0 Å². The third-order valence-corrected chi connectivity index (χ3v) is 2.82. The molecule has 0 saturated heterocycles. The van der Waals surface area contributed by atoms with E-state index in [9.17, 15) is 9.18 Å². The monoisotopic (exact) mass is 269 g/mol. The number of halogens is 2. The molecule has 0 aliphatic rings. The number of aryl methyl sites for hydroxylation is 1. The van der Waals surface area contributed by atoms with Gasteiger partial charge < -0.3 is 4.57 Å². The van der Waals surface area contributed by atoms with Crippen molar-refractivity contribution in [2.75, 3.05) is 6.67 Å². The number of fused-ring (bicyclic) bond motifs is 1. The van der Waals surface area contributed by atoms with Gasteiger partial charge in [0, 0.05) is 27.1 Å². The minimum absolute atomic E-state index is 0.284. The summed E-state index contributed by atoms with van der Waals surface area (Å²) in [4.78, 5) is 10.8. The molecule has 0 aliphatic heterocycles. The van der Waals surface area contributed by atoms with E-state index in [1.54, 1.807) is 10.8 Å². The van der Waals surface area contributed by atoms with Gasteiger partial charge >= 0.3 is 0 Å². The Hall–Kier alpha value is -1.16. The first-order valence-corrected chi connectivity index (χ1v) is 5.35. The van der Waals surface area contributed by atoms with Gasteiger partial charge in [-0.15, -0.1) is 0 Å². The van der Waals surface area contributed by atoms with E-state index in [1.165, 1.54) is 0 Å². The number of benzene rings is 1. The van der Waals surface area contributed by atoms with Gasteiger partial charge in [-0.05, 0) is 18.2 Å². The lowest BCUT2D eigenvalue weighted by Gasteiger charge is -2.00. The summed E-state index contributed by atoms with van der Waals surface area (Å²) < 4.78 is 14.9. The molecule has 1 aromatic carbocycles. The number of carbonyl (C=O) groups excluding carboxylic acids is 1. The lowest BCUT2D eigenvalue weighted by atomic mass is 10.2. The normalized spacial score (nSPS) is 10.8. The molecule has 0 radical (unpaired) electrons. The maximum Gasteiger partial charge on any atom is 0.152 e. The van der Waals surface area contributed by atoms with Crippen LogP contribution in [0.15, 0.2) is 28.9 Å². The Labute approximate surface area is 94.8 Å². The zero-order valence-corrected chi connectivity index (χ0v) is 9.50. The predicted octanol–water partition coefficient (Wildman–Crippen LogP) is 3.19. The largest absolute Gasteiger partial charge is 0.344 e. The fourth-order valence-corrected chi connectivity index (χ4v) is 2.03. The highest BCUT2D eigenvalue weighted by atomic mass is 79.9. The third kappa shape index (κ3) is 1.81. The zero-order valence-electron chi connectivity index (χ0n) is 7.91. The third-order valence-electron chi connectivity index (χ3n) is 2.33. The van der Waals surface area contributed by atoms with Crippen LogP contribution in [0.4, 0.5) is 4.39 Å². The smallest absolute Gasteiger partial charge is 0.152 e. The topological polar surface area (TPSA) is 22.0 Å². The first-order valence-electron chi connectivity index (χ1n) is 4.56. The van der Waals surface area contributed by atoms with Crippen LogP contribution in [0.2, 0.25) is 0 Å². The van der Waals surface area contributed by atoms with E-state index in [0.29, 0.717) is 5.56 Å². The van der Waals surface area contributed by atoms with E-state index >= 15 is 0 Å². The summed E-state index contributed by atoms with van der Waals surface area (Å²) >= 11 is 3.34. The van der Waals surface area contributed by atoms with Crippen molar-refractivity contribution in [3.8, 4) is 0 Å². The van der Waals surface area contributed by atoms with Gasteiger partial charge in [-0.25, -0.2) is 4.39 Å². The second-order valence-electron chi connectivity index (χ2n) is 3.25. The summed E-state index contributed by atoms with van der Waals surface area (Å²) in [6.07, 6.45) is 2.48. The fourth-order valence-electron chi connectivity index (χ4n) is 1.67. The molecule has 0 N–H and O–H groups in total. The molecule has 2 rings (SSSR count). The lowest BCUT2D eigenvalue weighted by molar-refractivity contribution is 0.112. The number of aldehydes is 1. The van der Waals surface area contributed by atoms with Crippen molar-refractivity contribution in [1.29, 1.82) is 0 Å². The first kappa shape index (κ1) is 10.4. The van der Waals surface area contributed by atoms with Crippen LogP contribution >= 0.6 is 15.9 Å². The maximum atomic E-state index is 12.3. The van der Waals surface area contributed by atoms with Gasteiger partial charge in [-0.2, -0.15) is 0 Å². The highest BCUT2D eigenvalue weighted by Crippen LogP contribution is 2.24. The number of carbonyl (C=O) groups is 1. The van der Waals surface area contributed by atoms with E-state index in [-0.39, 0.29) is 6.54 Å². The molecule has 1 aromatic heterocycles. The Morgan fingerprint density at radius 2 is 2.27 bits per heavy atom. The molecule has 0 saturated carbocycles. The molecule has 0 bridgehead atoms. The fraction of sp³-hybridized carbons (Fsp3) is 0.182. The maximum absolute atomic E-state index is 12.3. The van der Waals surface area contributed by atoms with Crippen molar-refractivity contribution in [2.24, 2.45) is 0 Å². The van der Waals surface area contributed by atoms with Crippen LogP contribution in [0, 0.1) is 0 Å². The van der Waals surface area contributed by atoms with E-state index < -0.39 is 6.67 Å². The molecule has 78 valence electrons. The predicted molar refractivity (Wildman–Crippen MR) is 61.0 cm³/mol. The van der Waals surface area contributed by atoms with Crippen molar-refractivity contribution < 1.29 is 9.18 Å². The molecule has 2 nitrogen and oxygen atoms in total. The summed E-state index contributed by atoms with van der Waals surface area (Å²) in [5.41, 5.74) is 1.48. The van der Waals surface area contributed by atoms with Crippen LogP contribution in [-0.4, -0.2) is 17.5 Å². The Kier molecular flexibility index (Phi) is 2.86. The molecule has 1 heterocycles. The van der Waals surface area contributed by atoms with E-state index in [0.717, 1.165) is 21.7 Å². The van der Waals surface area contributed by atoms with Crippen LogP contribution in [0.3, 0.4) is 0 Å². The lowest BCUT2D eigenvalue weighted by Crippen LogP contribution is -1.96. The van der Waals surface area contributed by atoms with Crippen LogP contribution in [0.25, 0.3) is 10.9 Å². The minimum atomic E-state index is -0.432. The van der Waals surface area contributed by atoms with Gasteiger partial charge in [-0.1, -0.05) is 15.9 Å². The minimum Gasteiger partial charge on any atom is -0.344 e. The zero-order chi connectivity index (χ0) is 10.8. The molecule has 0 amide bonds. The molecule has 0 atom stereocenters. The molecule has 2 aromatic rings. The molecule has 0 fully saturated rings. The second-order valence-corrected chi connectivity index (χ2v) is 4.16. The van der Waals surface area contributed by atoms with E-state index in [2.05, 4.69) is 15.9 Å². The number of alkyl halides is 1. The molecule has 4 heteroatoms. The van der Waals surface area contributed by atoms with Crippen molar-refractivity contribution in [3.05, 3.63) is 34.4 Å². The van der Waals surface area contributed by atoms with Gasteiger partial charge in [0.25, 0.3) is 0 Å². The van der Waals surface area contributed by atoms with E-state index in [4.69, 9.17) is 0 Å². The van der Waals surface area contributed by atoms with Crippen LogP contribution in [-0.2, 0) is 6.54 Å². The standard InChI is InChI=1S/C11H9BrFNO/c12-9-1-2-11-10(5-9)8(7-15)6-14(11)4-3-13/h1-2,5-7H,3-4H2. The molecular weight excluding hydrogens is 261 g/mol. The number of nitrogens with zero attached hydrogens (tertiary/aromatic N) is 1. The second kappa shape index (κ2) is 4.14. The summed E-state index contributed by atoms with van der Waals surface area (Å²) in [7, 11) is 0. The Bertz CT molecular complexity index is 507. The Morgan fingerprint density at radius 3 is 2.93 bits per heavy atom. The Balaban J connectivity index is 2.69. The summed E-state index contributed by atoms with van der Waals surface area (Å²) in [5, 5.41) is 0.854. The van der Waals surface area contributed by atoms with Gasteiger partial charge in [0.05, 0.1) is 6.54 Å². The van der Waals surface area contributed by atoms with Gasteiger partial charge in [0.1, 0.15) is 6.67 Å². The van der Waals surface area contributed by atoms with Gasteiger partial charge in [0.15, 0.2) is 6.29 Å². The highest BCUT2D eigenvalue weighted by molar-refractivity contribution is 9.10. The molecule has 0 spiro atoms. The molecule has 15 heavy (non-hydrogen) atoms. The number of hydrogen-bond donors (Lipinski definition) is 0. The Morgan fingerprint density at radius 1 is 1.47 bits per heavy atom. The quantitative estimate of drug-likeness (QED) is 0.785. The number of rotatable bonds is 3. The SMILES string of the molecule is O=Cc1cn(CCF)c2ccc(Br)cc12. The van der Waals surface area contributed by atoms with Gasteiger partial charge in [-0.3, -0.25) is 4.79 Å². The molecular formula is C11H9BrFNO. The summed E-state index contributed by atoms with van der Waals surface area (Å²) in [5.74, 6) is 0. The molecule has 0 aliphatic carbocycles. The number of hydrogen-bond acceptors (Lipinski definition) is 1. The van der Waals surface area contributed by atoms with E-state index in [1.807, 2.05) is 18.2 Å². The summed E-state index contributed by atoms with van der Waals surface area (Å²) in [6.45, 7) is -0.149.